The number of aromatic amines is 1. The van der Waals surface area contributed by atoms with Gasteiger partial charge in [0.05, 0.1) is 12.7 Å². The zero-order chi connectivity index (χ0) is 23.3. The molecule has 1 fully saturated rings. The molecular formula is C26H25F3N2O2. The van der Waals surface area contributed by atoms with Crippen molar-refractivity contribution in [3.05, 3.63) is 76.5 Å². The minimum Gasteiger partial charge on any atom is -0.478 e. The van der Waals surface area contributed by atoms with Gasteiger partial charge in [-0.15, -0.1) is 0 Å². The molecule has 0 saturated heterocycles. The van der Waals surface area contributed by atoms with Crippen LogP contribution in [0.3, 0.4) is 0 Å². The van der Waals surface area contributed by atoms with Crippen LogP contribution in [0.1, 0.15) is 48.2 Å². The molecule has 2 atom stereocenters. The fraction of sp³-hybridized carbons (Fsp3) is 0.346. The maximum atomic E-state index is 15.5. The topological polar surface area (TPSA) is 56.3 Å². The first kappa shape index (κ1) is 21.8. The van der Waals surface area contributed by atoms with Gasteiger partial charge in [0.2, 0.25) is 0 Å². The van der Waals surface area contributed by atoms with E-state index in [1.54, 1.807) is 0 Å². The number of rotatable bonds is 6. The minimum atomic E-state index is -1.20. The van der Waals surface area contributed by atoms with Gasteiger partial charge in [-0.2, -0.15) is 0 Å². The minimum absolute atomic E-state index is 0.0453. The summed E-state index contributed by atoms with van der Waals surface area (Å²) in [5.41, 5.74) is 2.23. The number of para-hydroxylation sites is 1. The van der Waals surface area contributed by atoms with Crippen molar-refractivity contribution in [3.8, 4) is 0 Å². The summed E-state index contributed by atoms with van der Waals surface area (Å²) in [6, 6.07) is 9.31. The smallest absolute Gasteiger partial charge is 0.328 e. The quantitative estimate of drug-likeness (QED) is 0.475. The van der Waals surface area contributed by atoms with Crippen LogP contribution in [0.4, 0.5) is 13.2 Å². The average molecular weight is 454 g/mol. The summed E-state index contributed by atoms with van der Waals surface area (Å²) in [6.07, 6.45) is 4.24. The van der Waals surface area contributed by atoms with Crippen molar-refractivity contribution < 1.29 is 23.1 Å². The van der Waals surface area contributed by atoms with Gasteiger partial charge in [-0.1, -0.05) is 18.2 Å². The van der Waals surface area contributed by atoms with E-state index >= 15 is 8.78 Å². The monoisotopic (exact) mass is 454 g/mol. The predicted octanol–water partition coefficient (Wildman–Crippen LogP) is 5.63. The lowest BCUT2D eigenvalue weighted by Gasteiger charge is -2.42. The maximum absolute atomic E-state index is 15.5. The largest absolute Gasteiger partial charge is 0.478 e. The third-order valence-corrected chi connectivity index (χ3v) is 7.07. The number of hydrogen-bond acceptors (Lipinski definition) is 2. The highest BCUT2D eigenvalue weighted by molar-refractivity contribution is 5.86. The summed E-state index contributed by atoms with van der Waals surface area (Å²) in [6.45, 7) is 1.99. The highest BCUT2D eigenvalue weighted by atomic mass is 19.1. The van der Waals surface area contributed by atoms with Crippen LogP contribution < -0.4 is 0 Å². The van der Waals surface area contributed by atoms with Crippen molar-refractivity contribution in [1.29, 1.82) is 0 Å². The molecule has 0 unspecified atom stereocenters. The molecule has 1 aromatic heterocycles. The second-order valence-electron chi connectivity index (χ2n) is 9.39. The number of carboxylic acid groups (broad SMARTS) is 1. The number of hydrogen-bond donors (Lipinski definition) is 2. The highest BCUT2D eigenvalue weighted by Crippen LogP contribution is 2.51. The number of aromatic nitrogens is 1. The Morgan fingerprint density at radius 2 is 1.94 bits per heavy atom. The first-order valence-electron chi connectivity index (χ1n) is 11.1. The van der Waals surface area contributed by atoms with E-state index in [9.17, 15) is 9.18 Å². The molecule has 2 N–H and O–H groups in total. The number of benzene rings is 2. The third kappa shape index (κ3) is 3.84. The molecule has 33 heavy (non-hydrogen) atoms. The Hall–Kier alpha value is -3.06. The molecule has 2 heterocycles. The van der Waals surface area contributed by atoms with Crippen molar-refractivity contribution in [1.82, 2.24) is 9.88 Å². The standard InChI is InChI=1S/C26H25F3N2O2/c1-15-10-18-17-4-2-3-5-21(17)30-24(18)25(31(15)14-26(13-27)8-9-26)23-19(28)11-16(12-20(23)29)6-7-22(32)33/h2-7,11-12,15,25,30H,8-10,13-14H2,1H3,(H,32,33)/b7-6+/t15-,25-/m1/s1. The Morgan fingerprint density at radius 1 is 1.24 bits per heavy atom. The molecule has 1 aliphatic heterocycles. The fourth-order valence-electron chi connectivity index (χ4n) is 5.09. The average Bonchev–Trinajstić information content (AvgIpc) is 3.47. The first-order valence-corrected chi connectivity index (χ1v) is 11.1. The van der Waals surface area contributed by atoms with E-state index in [1.807, 2.05) is 36.1 Å². The number of H-pyrrole nitrogens is 1. The molecule has 5 rings (SSSR count). The van der Waals surface area contributed by atoms with Crippen LogP contribution in [0.2, 0.25) is 0 Å². The van der Waals surface area contributed by atoms with Crippen LogP contribution in [0.5, 0.6) is 0 Å². The van der Waals surface area contributed by atoms with E-state index in [4.69, 9.17) is 5.11 Å². The molecule has 4 nitrogen and oxygen atoms in total. The van der Waals surface area contributed by atoms with Gasteiger partial charge in [0, 0.05) is 46.2 Å². The lowest BCUT2D eigenvalue weighted by atomic mass is 9.86. The number of alkyl halides is 1. The fourth-order valence-corrected chi connectivity index (χ4v) is 5.09. The molecule has 0 amide bonds. The van der Waals surface area contributed by atoms with Crippen molar-refractivity contribution in [2.24, 2.45) is 5.41 Å². The van der Waals surface area contributed by atoms with Crippen LogP contribution in [0.15, 0.2) is 42.5 Å². The molecule has 0 spiro atoms. The summed E-state index contributed by atoms with van der Waals surface area (Å²) in [7, 11) is 0. The predicted molar refractivity (Wildman–Crippen MR) is 121 cm³/mol. The SMILES string of the molecule is C[C@@H]1Cc2c([nH]c3ccccc23)[C@@H](c2c(F)cc(/C=C/C(=O)O)cc2F)N1CC1(CF)CC1. The van der Waals surface area contributed by atoms with Crippen LogP contribution in [0, 0.1) is 17.0 Å². The number of nitrogens with zero attached hydrogens (tertiary/aromatic N) is 1. The van der Waals surface area contributed by atoms with E-state index in [0.29, 0.717) is 13.0 Å². The van der Waals surface area contributed by atoms with Crippen LogP contribution in [-0.4, -0.2) is 40.2 Å². The van der Waals surface area contributed by atoms with Crippen molar-refractivity contribution in [3.63, 3.8) is 0 Å². The van der Waals surface area contributed by atoms with Crippen molar-refractivity contribution >= 4 is 22.9 Å². The Labute approximate surface area is 189 Å². The van der Waals surface area contributed by atoms with Crippen molar-refractivity contribution in [2.45, 2.75) is 38.3 Å². The molecule has 0 bridgehead atoms. The zero-order valence-corrected chi connectivity index (χ0v) is 18.2. The molecule has 1 saturated carbocycles. The lowest BCUT2D eigenvalue weighted by molar-refractivity contribution is -0.131. The van der Waals surface area contributed by atoms with E-state index in [0.717, 1.165) is 59.3 Å². The second-order valence-corrected chi connectivity index (χ2v) is 9.39. The lowest BCUT2D eigenvalue weighted by Crippen LogP contribution is -2.46. The second kappa shape index (κ2) is 8.06. The van der Waals surface area contributed by atoms with E-state index < -0.39 is 35.7 Å². The summed E-state index contributed by atoms with van der Waals surface area (Å²) < 4.78 is 44.8. The van der Waals surface area contributed by atoms with Gasteiger partial charge in [-0.25, -0.2) is 13.6 Å². The third-order valence-electron chi connectivity index (χ3n) is 7.07. The number of halogens is 3. The van der Waals surface area contributed by atoms with Gasteiger partial charge >= 0.3 is 5.97 Å². The molecule has 7 heteroatoms. The van der Waals surface area contributed by atoms with E-state index in [2.05, 4.69) is 4.98 Å². The number of carbonyl (C=O) groups is 1. The Balaban J connectivity index is 1.67. The van der Waals surface area contributed by atoms with Crippen LogP contribution >= 0.6 is 0 Å². The number of nitrogens with one attached hydrogen (secondary N) is 1. The van der Waals surface area contributed by atoms with Crippen LogP contribution in [0.25, 0.3) is 17.0 Å². The van der Waals surface area contributed by atoms with Crippen LogP contribution in [-0.2, 0) is 11.2 Å². The first-order chi connectivity index (χ1) is 15.8. The Morgan fingerprint density at radius 3 is 2.58 bits per heavy atom. The normalized spacial score (nSPS) is 22.1. The maximum Gasteiger partial charge on any atom is 0.328 e. The molecular weight excluding hydrogens is 429 g/mol. The summed E-state index contributed by atoms with van der Waals surface area (Å²) in [5.74, 6) is -2.70. The van der Waals surface area contributed by atoms with Gasteiger partial charge in [0.15, 0.2) is 0 Å². The van der Waals surface area contributed by atoms with Gasteiger partial charge in [-0.05, 0) is 61.6 Å². The van der Waals surface area contributed by atoms with E-state index in [1.165, 1.54) is 0 Å². The Kier molecular flexibility index (Phi) is 5.32. The molecule has 172 valence electrons. The number of fused-ring (bicyclic) bond motifs is 3. The van der Waals surface area contributed by atoms with Gasteiger partial charge in [0.1, 0.15) is 11.6 Å². The van der Waals surface area contributed by atoms with E-state index in [-0.39, 0.29) is 17.2 Å². The summed E-state index contributed by atoms with van der Waals surface area (Å²) in [4.78, 5) is 16.2. The molecule has 0 radical (unpaired) electrons. The number of carboxylic acids is 1. The zero-order valence-electron chi connectivity index (χ0n) is 18.2. The summed E-state index contributed by atoms with van der Waals surface area (Å²) >= 11 is 0. The number of aliphatic carboxylic acids is 1. The molecule has 3 aromatic rings. The van der Waals surface area contributed by atoms with Gasteiger partial charge in [0.25, 0.3) is 0 Å². The van der Waals surface area contributed by atoms with Crippen molar-refractivity contribution in [2.75, 3.05) is 13.2 Å². The van der Waals surface area contributed by atoms with Gasteiger partial charge in [-0.3, -0.25) is 9.29 Å². The summed E-state index contributed by atoms with van der Waals surface area (Å²) in [5, 5.41) is 9.86. The molecule has 1 aliphatic carbocycles. The molecule has 2 aromatic carbocycles. The van der Waals surface area contributed by atoms with Gasteiger partial charge < -0.3 is 10.1 Å². The highest BCUT2D eigenvalue weighted by Gasteiger charge is 2.48. The Bertz CT molecular complexity index is 1240. The molecule has 2 aliphatic rings.